The van der Waals surface area contributed by atoms with Crippen molar-refractivity contribution in [1.29, 1.82) is 0 Å². The SMILES string of the molecule is CCC(CC)C(=O)N(CC(=O)N(Cc1ccc2c(c1)OCO2)Cc1ccc(C)o1)C1CC1. The van der Waals surface area contributed by atoms with Crippen molar-refractivity contribution in [2.24, 2.45) is 5.92 Å². The lowest BCUT2D eigenvalue weighted by molar-refractivity contribution is -0.144. The van der Waals surface area contributed by atoms with E-state index in [1.807, 2.05) is 51.1 Å². The van der Waals surface area contributed by atoms with Crippen LogP contribution in [0.4, 0.5) is 0 Å². The van der Waals surface area contributed by atoms with Crippen molar-refractivity contribution < 1.29 is 23.5 Å². The Labute approximate surface area is 189 Å². The highest BCUT2D eigenvalue weighted by atomic mass is 16.7. The number of benzene rings is 1. The predicted molar refractivity (Wildman–Crippen MR) is 119 cm³/mol. The molecule has 1 aliphatic heterocycles. The molecule has 2 aromatic rings. The lowest BCUT2D eigenvalue weighted by atomic mass is 10.0. The van der Waals surface area contributed by atoms with E-state index in [4.69, 9.17) is 13.9 Å². The highest BCUT2D eigenvalue weighted by molar-refractivity contribution is 5.86. The number of amides is 2. The molecule has 7 heteroatoms. The van der Waals surface area contributed by atoms with Gasteiger partial charge >= 0.3 is 0 Å². The first kappa shape index (κ1) is 22.2. The molecule has 2 heterocycles. The van der Waals surface area contributed by atoms with Crippen molar-refractivity contribution in [2.75, 3.05) is 13.3 Å². The van der Waals surface area contributed by atoms with Crippen molar-refractivity contribution in [3.05, 3.63) is 47.4 Å². The smallest absolute Gasteiger partial charge is 0.242 e. The first-order valence-electron chi connectivity index (χ1n) is 11.5. The lowest BCUT2D eigenvalue weighted by Crippen LogP contribution is -2.45. The molecule has 32 heavy (non-hydrogen) atoms. The molecule has 1 aliphatic carbocycles. The maximum Gasteiger partial charge on any atom is 0.242 e. The Hall–Kier alpha value is -2.96. The minimum atomic E-state index is -0.0806. The van der Waals surface area contributed by atoms with Gasteiger partial charge in [0.25, 0.3) is 0 Å². The number of carbonyl (C=O) groups excluding carboxylic acids is 2. The van der Waals surface area contributed by atoms with Gasteiger partial charge in [0.15, 0.2) is 11.5 Å². The van der Waals surface area contributed by atoms with Crippen molar-refractivity contribution >= 4 is 11.8 Å². The Balaban J connectivity index is 1.52. The van der Waals surface area contributed by atoms with Gasteiger partial charge in [-0.25, -0.2) is 0 Å². The summed E-state index contributed by atoms with van der Waals surface area (Å²) >= 11 is 0. The summed E-state index contributed by atoms with van der Waals surface area (Å²) in [6.45, 7) is 7.00. The molecule has 0 atom stereocenters. The summed E-state index contributed by atoms with van der Waals surface area (Å²) in [5.74, 6) is 2.92. The van der Waals surface area contributed by atoms with Gasteiger partial charge in [0, 0.05) is 18.5 Å². The monoisotopic (exact) mass is 440 g/mol. The lowest BCUT2D eigenvalue weighted by Gasteiger charge is -2.29. The summed E-state index contributed by atoms with van der Waals surface area (Å²) < 4.78 is 16.6. The Morgan fingerprint density at radius 3 is 2.44 bits per heavy atom. The zero-order valence-electron chi connectivity index (χ0n) is 19.1. The van der Waals surface area contributed by atoms with Crippen LogP contribution in [0, 0.1) is 12.8 Å². The summed E-state index contributed by atoms with van der Waals surface area (Å²) in [5.41, 5.74) is 0.940. The zero-order valence-corrected chi connectivity index (χ0v) is 19.1. The van der Waals surface area contributed by atoms with Crippen LogP contribution in [0.1, 0.15) is 56.6 Å². The van der Waals surface area contributed by atoms with Crippen LogP contribution in [0.2, 0.25) is 0 Å². The van der Waals surface area contributed by atoms with Crippen LogP contribution < -0.4 is 9.47 Å². The third-order valence-corrected chi connectivity index (χ3v) is 6.22. The topological polar surface area (TPSA) is 72.2 Å². The quantitative estimate of drug-likeness (QED) is 0.552. The maximum absolute atomic E-state index is 13.5. The Morgan fingerprint density at radius 2 is 1.78 bits per heavy atom. The van der Waals surface area contributed by atoms with Crippen LogP contribution in [0.25, 0.3) is 0 Å². The second-order valence-corrected chi connectivity index (χ2v) is 8.66. The molecule has 1 aromatic heterocycles. The molecule has 172 valence electrons. The third kappa shape index (κ3) is 5.09. The van der Waals surface area contributed by atoms with Crippen molar-refractivity contribution in [3.8, 4) is 11.5 Å². The van der Waals surface area contributed by atoms with Gasteiger partial charge in [-0.1, -0.05) is 19.9 Å². The number of aryl methyl sites for hydroxylation is 1. The second-order valence-electron chi connectivity index (χ2n) is 8.66. The van der Waals surface area contributed by atoms with Crippen LogP contribution in [0.3, 0.4) is 0 Å². The molecule has 2 aliphatic rings. The van der Waals surface area contributed by atoms with Gasteiger partial charge in [-0.2, -0.15) is 0 Å². The minimum Gasteiger partial charge on any atom is -0.464 e. The van der Waals surface area contributed by atoms with Gasteiger partial charge in [0.2, 0.25) is 18.6 Å². The number of rotatable bonds is 10. The Kier molecular flexibility index (Phi) is 6.72. The number of carbonyl (C=O) groups is 2. The number of hydrogen-bond acceptors (Lipinski definition) is 5. The van der Waals surface area contributed by atoms with E-state index in [0.717, 1.165) is 42.8 Å². The Morgan fingerprint density at radius 1 is 1.03 bits per heavy atom. The van der Waals surface area contributed by atoms with Crippen LogP contribution in [-0.4, -0.2) is 41.0 Å². The molecule has 0 radical (unpaired) electrons. The van der Waals surface area contributed by atoms with Gasteiger partial charge in [0.05, 0.1) is 6.54 Å². The fraction of sp³-hybridized carbons (Fsp3) is 0.520. The van der Waals surface area contributed by atoms with Crippen molar-refractivity contribution in [1.82, 2.24) is 9.80 Å². The van der Waals surface area contributed by atoms with Crippen molar-refractivity contribution in [2.45, 2.75) is 65.6 Å². The van der Waals surface area contributed by atoms with E-state index in [9.17, 15) is 9.59 Å². The summed E-state index contributed by atoms with van der Waals surface area (Å²) in [7, 11) is 0. The normalized spacial score (nSPS) is 14.6. The van der Waals surface area contributed by atoms with Gasteiger partial charge < -0.3 is 23.7 Å². The maximum atomic E-state index is 13.5. The molecule has 0 unspecified atom stereocenters. The summed E-state index contributed by atoms with van der Waals surface area (Å²) in [5, 5.41) is 0. The second kappa shape index (κ2) is 9.67. The van der Waals surface area contributed by atoms with E-state index in [-0.39, 0.29) is 37.1 Å². The Bertz CT molecular complexity index is 961. The van der Waals surface area contributed by atoms with E-state index in [1.54, 1.807) is 9.80 Å². The highest BCUT2D eigenvalue weighted by Gasteiger charge is 2.37. The molecule has 0 bridgehead atoms. The first-order chi connectivity index (χ1) is 15.5. The zero-order chi connectivity index (χ0) is 22.7. The fourth-order valence-electron chi connectivity index (χ4n) is 4.14. The average Bonchev–Trinajstić information content (AvgIpc) is 3.37. The van der Waals surface area contributed by atoms with Crippen molar-refractivity contribution in [3.63, 3.8) is 0 Å². The summed E-state index contributed by atoms with van der Waals surface area (Å²) in [4.78, 5) is 30.1. The van der Waals surface area contributed by atoms with Crippen LogP contribution >= 0.6 is 0 Å². The number of ether oxygens (including phenoxy) is 2. The van der Waals surface area contributed by atoms with E-state index in [1.165, 1.54) is 0 Å². The molecular weight excluding hydrogens is 408 g/mol. The van der Waals surface area contributed by atoms with Gasteiger partial charge in [-0.05, 0) is 62.4 Å². The van der Waals surface area contributed by atoms with Crippen LogP contribution in [0.15, 0.2) is 34.7 Å². The standard InChI is InChI=1S/C25H32N2O5/c1-4-19(5-2)25(29)27(20-8-9-20)15-24(28)26(14-21-10-6-17(3)32-21)13-18-7-11-22-23(12-18)31-16-30-22/h6-7,10-12,19-20H,4-5,8-9,13-16H2,1-3H3. The van der Waals surface area contributed by atoms with E-state index >= 15 is 0 Å². The predicted octanol–water partition coefficient (Wildman–Crippen LogP) is 4.27. The third-order valence-electron chi connectivity index (χ3n) is 6.22. The number of nitrogens with zero attached hydrogens (tertiary/aromatic N) is 2. The van der Waals surface area contributed by atoms with Gasteiger partial charge in [0.1, 0.15) is 18.1 Å². The molecule has 0 saturated heterocycles. The molecule has 1 aromatic carbocycles. The van der Waals surface area contributed by atoms with Crippen LogP contribution in [0.5, 0.6) is 11.5 Å². The molecule has 1 saturated carbocycles. The number of hydrogen-bond donors (Lipinski definition) is 0. The summed E-state index contributed by atoms with van der Waals surface area (Å²) in [6.07, 6.45) is 3.52. The molecule has 1 fully saturated rings. The molecule has 0 spiro atoms. The van der Waals surface area contributed by atoms with E-state index < -0.39 is 0 Å². The molecular formula is C25H32N2O5. The largest absolute Gasteiger partial charge is 0.464 e. The first-order valence-corrected chi connectivity index (χ1v) is 11.5. The van der Waals surface area contributed by atoms with E-state index in [0.29, 0.717) is 24.6 Å². The van der Waals surface area contributed by atoms with Gasteiger partial charge in [-0.3, -0.25) is 9.59 Å². The number of furan rings is 1. The average molecular weight is 441 g/mol. The fourth-order valence-corrected chi connectivity index (χ4v) is 4.14. The van der Waals surface area contributed by atoms with Crippen LogP contribution in [-0.2, 0) is 22.7 Å². The minimum absolute atomic E-state index is 0.0292. The molecule has 0 N–H and O–H groups in total. The van der Waals surface area contributed by atoms with Gasteiger partial charge in [-0.15, -0.1) is 0 Å². The number of fused-ring (bicyclic) bond motifs is 1. The highest BCUT2D eigenvalue weighted by Crippen LogP contribution is 2.33. The molecule has 2 amide bonds. The summed E-state index contributed by atoms with van der Waals surface area (Å²) in [6, 6.07) is 9.68. The molecule has 4 rings (SSSR count). The van der Waals surface area contributed by atoms with E-state index in [2.05, 4.69) is 0 Å². The molecule has 7 nitrogen and oxygen atoms in total.